The van der Waals surface area contributed by atoms with Crippen LogP contribution in [0, 0.1) is 0 Å². The molecule has 1 aromatic carbocycles. The third kappa shape index (κ3) is 3.22. The molecule has 0 saturated carbocycles. The number of nitrogens with one attached hydrogen (secondary N) is 1. The predicted molar refractivity (Wildman–Crippen MR) is 79.6 cm³/mol. The average molecular weight is 349 g/mol. The summed E-state index contributed by atoms with van der Waals surface area (Å²) in [7, 11) is 0. The highest BCUT2D eigenvalue weighted by atomic mass is 79.9. The predicted octanol–water partition coefficient (Wildman–Crippen LogP) is 5.52. The van der Waals surface area contributed by atoms with Gasteiger partial charge in [0.25, 0.3) is 0 Å². The number of aryl methyl sites for hydroxylation is 1. The summed E-state index contributed by atoms with van der Waals surface area (Å²) in [5, 5.41) is 4.34. The second kappa shape index (κ2) is 6.00. The Balaban J connectivity index is 2.10. The fourth-order valence-electron chi connectivity index (χ4n) is 1.59. The van der Waals surface area contributed by atoms with Crippen molar-refractivity contribution in [3.05, 3.63) is 50.3 Å². The zero-order valence-corrected chi connectivity index (χ0v) is 12.9. The Bertz CT molecular complexity index is 531. The van der Waals surface area contributed by atoms with Crippen molar-refractivity contribution in [3.8, 4) is 0 Å². The summed E-state index contributed by atoms with van der Waals surface area (Å²) < 4.78 is 6.46. The molecule has 0 aliphatic carbocycles. The number of furan rings is 1. The van der Waals surface area contributed by atoms with Crippen molar-refractivity contribution in [2.75, 3.05) is 5.32 Å². The van der Waals surface area contributed by atoms with E-state index in [0.717, 1.165) is 28.1 Å². The summed E-state index contributed by atoms with van der Waals surface area (Å²) >= 11 is 15.6. The van der Waals surface area contributed by atoms with Gasteiger partial charge in [0.1, 0.15) is 11.5 Å². The quantitative estimate of drug-likeness (QED) is 0.786. The molecule has 2 aromatic rings. The molecule has 1 heterocycles. The van der Waals surface area contributed by atoms with Crippen molar-refractivity contribution in [1.82, 2.24) is 0 Å². The van der Waals surface area contributed by atoms with Gasteiger partial charge in [-0.2, -0.15) is 0 Å². The van der Waals surface area contributed by atoms with Gasteiger partial charge in [0.15, 0.2) is 0 Å². The van der Waals surface area contributed by atoms with Gasteiger partial charge in [-0.3, -0.25) is 0 Å². The second-order valence-electron chi connectivity index (χ2n) is 3.82. The summed E-state index contributed by atoms with van der Waals surface area (Å²) in [5.41, 5.74) is 0.719. The fourth-order valence-corrected chi connectivity index (χ4v) is 2.94. The standard InChI is InChI=1S/C13H12BrCl2NO/c1-2-9-3-4-10(18-9)7-17-13-11(15)5-8(14)6-12(13)16/h3-6,17H,2,7H2,1H3. The van der Waals surface area contributed by atoms with Crippen molar-refractivity contribution in [2.24, 2.45) is 0 Å². The third-order valence-electron chi connectivity index (χ3n) is 2.51. The highest BCUT2D eigenvalue weighted by molar-refractivity contribution is 9.10. The van der Waals surface area contributed by atoms with Crippen LogP contribution in [0.3, 0.4) is 0 Å². The first kappa shape index (κ1) is 13.8. The molecule has 5 heteroatoms. The molecule has 2 rings (SSSR count). The molecule has 2 nitrogen and oxygen atoms in total. The van der Waals surface area contributed by atoms with E-state index in [-0.39, 0.29) is 0 Å². The number of hydrogen-bond donors (Lipinski definition) is 1. The topological polar surface area (TPSA) is 25.2 Å². The highest BCUT2D eigenvalue weighted by Gasteiger charge is 2.08. The molecule has 0 atom stereocenters. The summed E-state index contributed by atoms with van der Waals surface area (Å²) in [5.74, 6) is 1.83. The lowest BCUT2D eigenvalue weighted by Crippen LogP contribution is -1.99. The maximum atomic E-state index is 6.13. The van der Waals surface area contributed by atoms with Gasteiger partial charge in [0.05, 0.1) is 22.3 Å². The Morgan fingerprint density at radius 2 is 1.78 bits per heavy atom. The van der Waals surface area contributed by atoms with E-state index >= 15 is 0 Å². The van der Waals surface area contributed by atoms with E-state index < -0.39 is 0 Å². The minimum Gasteiger partial charge on any atom is -0.464 e. The Morgan fingerprint density at radius 3 is 2.33 bits per heavy atom. The van der Waals surface area contributed by atoms with Crippen LogP contribution in [0.25, 0.3) is 0 Å². The van der Waals surface area contributed by atoms with Crippen molar-refractivity contribution in [3.63, 3.8) is 0 Å². The first-order valence-corrected chi connectivity index (χ1v) is 7.11. The normalized spacial score (nSPS) is 10.7. The Labute approximate surface area is 124 Å². The number of hydrogen-bond acceptors (Lipinski definition) is 2. The minimum atomic E-state index is 0.557. The van der Waals surface area contributed by atoms with Gasteiger partial charge in [-0.25, -0.2) is 0 Å². The van der Waals surface area contributed by atoms with E-state index in [0.29, 0.717) is 16.6 Å². The molecule has 0 aliphatic rings. The van der Waals surface area contributed by atoms with Crippen molar-refractivity contribution in [2.45, 2.75) is 19.9 Å². The minimum absolute atomic E-state index is 0.557. The van der Waals surface area contributed by atoms with Crippen LogP contribution in [0.4, 0.5) is 5.69 Å². The molecule has 0 bridgehead atoms. The molecule has 0 unspecified atom stereocenters. The van der Waals surface area contributed by atoms with E-state index in [4.69, 9.17) is 27.6 Å². The number of halogens is 3. The van der Waals surface area contributed by atoms with Crippen LogP contribution < -0.4 is 5.32 Å². The third-order valence-corrected chi connectivity index (χ3v) is 3.57. The monoisotopic (exact) mass is 347 g/mol. The zero-order valence-electron chi connectivity index (χ0n) is 9.77. The van der Waals surface area contributed by atoms with E-state index in [2.05, 4.69) is 28.2 Å². The second-order valence-corrected chi connectivity index (χ2v) is 5.55. The van der Waals surface area contributed by atoms with E-state index in [1.54, 1.807) is 12.1 Å². The van der Waals surface area contributed by atoms with Gasteiger partial charge < -0.3 is 9.73 Å². The lowest BCUT2D eigenvalue weighted by Gasteiger charge is -2.09. The largest absolute Gasteiger partial charge is 0.464 e. The number of anilines is 1. The fraction of sp³-hybridized carbons (Fsp3) is 0.231. The average Bonchev–Trinajstić information content (AvgIpc) is 2.75. The molecule has 0 amide bonds. The van der Waals surface area contributed by atoms with Crippen LogP contribution in [0.1, 0.15) is 18.4 Å². The van der Waals surface area contributed by atoms with Crippen LogP contribution in [0.15, 0.2) is 33.2 Å². The Hall–Kier alpha value is -0.640. The van der Waals surface area contributed by atoms with Crippen molar-refractivity contribution >= 4 is 44.8 Å². The van der Waals surface area contributed by atoms with Gasteiger partial charge in [0.2, 0.25) is 0 Å². The van der Waals surface area contributed by atoms with Crippen molar-refractivity contribution in [1.29, 1.82) is 0 Å². The Kier molecular flexibility index (Phi) is 4.60. The maximum Gasteiger partial charge on any atom is 0.123 e. The summed E-state index contributed by atoms with van der Waals surface area (Å²) in [6.07, 6.45) is 0.889. The molecule has 96 valence electrons. The molecular formula is C13H12BrCl2NO. The van der Waals surface area contributed by atoms with Crippen LogP contribution in [0.2, 0.25) is 10.0 Å². The lowest BCUT2D eigenvalue weighted by molar-refractivity contribution is 0.476. The van der Waals surface area contributed by atoms with Gasteiger partial charge in [0, 0.05) is 10.9 Å². The van der Waals surface area contributed by atoms with Crippen LogP contribution in [-0.2, 0) is 13.0 Å². The first-order chi connectivity index (χ1) is 8.60. The molecule has 1 aromatic heterocycles. The maximum absolute atomic E-state index is 6.13. The molecule has 0 fully saturated rings. The molecule has 0 aliphatic heterocycles. The summed E-state index contributed by atoms with van der Waals surface area (Å²) in [6, 6.07) is 7.53. The van der Waals surface area contributed by atoms with Gasteiger partial charge in [-0.15, -0.1) is 0 Å². The van der Waals surface area contributed by atoms with E-state index in [1.807, 2.05) is 12.1 Å². The SMILES string of the molecule is CCc1ccc(CNc2c(Cl)cc(Br)cc2Cl)o1. The molecule has 0 spiro atoms. The molecular weight excluding hydrogens is 337 g/mol. The lowest BCUT2D eigenvalue weighted by atomic mass is 10.3. The van der Waals surface area contributed by atoms with Crippen LogP contribution in [0.5, 0.6) is 0 Å². The van der Waals surface area contributed by atoms with Gasteiger partial charge >= 0.3 is 0 Å². The molecule has 1 N–H and O–H groups in total. The smallest absolute Gasteiger partial charge is 0.123 e. The van der Waals surface area contributed by atoms with E-state index in [1.165, 1.54) is 0 Å². The van der Waals surface area contributed by atoms with Crippen molar-refractivity contribution < 1.29 is 4.42 Å². The molecule has 0 radical (unpaired) electrons. The summed E-state index contributed by atoms with van der Waals surface area (Å²) in [6.45, 7) is 2.61. The summed E-state index contributed by atoms with van der Waals surface area (Å²) in [4.78, 5) is 0. The Morgan fingerprint density at radius 1 is 1.17 bits per heavy atom. The van der Waals surface area contributed by atoms with Crippen LogP contribution >= 0.6 is 39.1 Å². The number of rotatable bonds is 4. The van der Waals surface area contributed by atoms with Gasteiger partial charge in [-0.1, -0.05) is 46.1 Å². The first-order valence-electron chi connectivity index (χ1n) is 5.56. The van der Waals surface area contributed by atoms with E-state index in [9.17, 15) is 0 Å². The number of benzene rings is 1. The van der Waals surface area contributed by atoms with Gasteiger partial charge in [-0.05, 0) is 24.3 Å². The molecule has 18 heavy (non-hydrogen) atoms. The van der Waals surface area contributed by atoms with Crippen LogP contribution in [-0.4, -0.2) is 0 Å². The molecule has 0 saturated heterocycles. The zero-order chi connectivity index (χ0) is 13.1. The highest BCUT2D eigenvalue weighted by Crippen LogP contribution is 2.34.